The molecule has 1 amide bonds. The van der Waals surface area contributed by atoms with Crippen LogP contribution in [0.4, 0.5) is 5.82 Å². The lowest BCUT2D eigenvalue weighted by molar-refractivity contribution is -0.112. The van der Waals surface area contributed by atoms with Crippen molar-refractivity contribution in [2.24, 2.45) is 4.99 Å². The van der Waals surface area contributed by atoms with E-state index in [4.69, 9.17) is 4.37 Å². The lowest BCUT2D eigenvalue weighted by Gasteiger charge is -2.39. The first kappa shape index (κ1) is 18.5. The quantitative estimate of drug-likeness (QED) is 0.655. The molecule has 6 heteroatoms. The summed E-state index contributed by atoms with van der Waals surface area (Å²) in [5.74, 6) is 0.996. The van der Waals surface area contributed by atoms with Gasteiger partial charge in [-0.3, -0.25) is 9.69 Å². The second-order valence-electron chi connectivity index (χ2n) is 7.78. The minimum absolute atomic E-state index is 0.144. The highest BCUT2D eigenvalue weighted by Gasteiger charge is 2.25. The van der Waals surface area contributed by atoms with Gasteiger partial charge in [0.1, 0.15) is 5.82 Å². The number of aromatic nitrogens is 1. The molecule has 1 atom stereocenters. The van der Waals surface area contributed by atoms with Gasteiger partial charge in [-0.15, -0.1) is 0 Å². The van der Waals surface area contributed by atoms with Crippen LogP contribution < -0.4 is 15.5 Å². The highest BCUT2D eigenvalue weighted by molar-refractivity contribution is 7.13. The molecule has 3 aromatic rings. The van der Waals surface area contributed by atoms with E-state index in [1.807, 2.05) is 6.07 Å². The molecular weight excluding hydrogens is 380 g/mol. The molecule has 0 aliphatic carbocycles. The van der Waals surface area contributed by atoms with Gasteiger partial charge in [-0.05, 0) is 54.2 Å². The van der Waals surface area contributed by atoms with Crippen molar-refractivity contribution in [1.82, 2.24) is 9.27 Å². The van der Waals surface area contributed by atoms with Crippen LogP contribution in [-0.2, 0) is 11.2 Å². The van der Waals surface area contributed by atoms with Crippen molar-refractivity contribution in [3.63, 3.8) is 0 Å². The number of hydrogen-bond donors (Lipinski definition) is 0. The number of amides is 1. The molecule has 2 aliphatic rings. The van der Waals surface area contributed by atoms with Crippen LogP contribution in [0.25, 0.3) is 16.2 Å². The second-order valence-corrected chi connectivity index (χ2v) is 8.58. The van der Waals surface area contributed by atoms with Gasteiger partial charge in [-0.1, -0.05) is 25.1 Å². The van der Waals surface area contributed by atoms with E-state index in [2.05, 4.69) is 58.1 Å². The third-order valence-electron chi connectivity index (χ3n) is 6.03. The standard InChI is InChI=1S/C23H24N4OS/c1-2-18(14-16-7-8-20-17(13-16)15-22(28)24-20)26-9-11-27(12-10-26)23-19-5-3-4-6-21(19)29-25-23/h3-8,13,15,18H,2,9-12,14H2,1H3. The molecule has 3 heterocycles. The van der Waals surface area contributed by atoms with E-state index < -0.39 is 0 Å². The van der Waals surface area contributed by atoms with Crippen molar-refractivity contribution in [2.75, 3.05) is 31.1 Å². The Bertz CT molecular complexity index is 1180. The molecule has 2 aliphatic heterocycles. The molecule has 1 saturated heterocycles. The number of hydrogen-bond acceptors (Lipinski definition) is 5. The van der Waals surface area contributed by atoms with Gasteiger partial charge in [-0.25, -0.2) is 4.99 Å². The molecule has 148 valence electrons. The maximum Gasteiger partial charge on any atom is 0.270 e. The maximum absolute atomic E-state index is 11.5. The molecule has 1 unspecified atom stereocenters. The van der Waals surface area contributed by atoms with Crippen LogP contribution in [-0.4, -0.2) is 47.4 Å². The van der Waals surface area contributed by atoms with E-state index in [1.54, 1.807) is 17.6 Å². The molecular formula is C23H24N4OS. The topological polar surface area (TPSA) is 48.8 Å². The predicted octanol–water partition coefficient (Wildman–Crippen LogP) is 2.38. The summed E-state index contributed by atoms with van der Waals surface area (Å²) in [7, 11) is 0. The van der Waals surface area contributed by atoms with E-state index in [0.29, 0.717) is 6.04 Å². The Hall–Kier alpha value is -2.57. The minimum Gasteiger partial charge on any atom is -0.353 e. The number of benzene rings is 2. The Morgan fingerprint density at radius 2 is 1.93 bits per heavy atom. The number of carbonyl (C=O) groups excluding carboxylic acids is 1. The first-order valence-electron chi connectivity index (χ1n) is 10.3. The summed E-state index contributed by atoms with van der Waals surface area (Å²) in [5, 5.41) is 3.03. The van der Waals surface area contributed by atoms with Gasteiger partial charge in [0.25, 0.3) is 5.91 Å². The number of fused-ring (bicyclic) bond motifs is 2. The molecule has 0 bridgehead atoms. The van der Waals surface area contributed by atoms with Gasteiger partial charge in [0.15, 0.2) is 0 Å². The first-order chi connectivity index (χ1) is 14.2. The van der Waals surface area contributed by atoms with E-state index >= 15 is 0 Å². The summed E-state index contributed by atoms with van der Waals surface area (Å²) in [6.07, 6.45) is 3.76. The zero-order chi connectivity index (χ0) is 19.8. The van der Waals surface area contributed by atoms with Crippen LogP contribution >= 0.6 is 11.5 Å². The molecule has 2 aromatic carbocycles. The van der Waals surface area contributed by atoms with Crippen LogP contribution in [0.3, 0.4) is 0 Å². The fourth-order valence-electron chi connectivity index (χ4n) is 4.44. The van der Waals surface area contributed by atoms with Crippen molar-refractivity contribution < 1.29 is 4.79 Å². The zero-order valence-corrected chi connectivity index (χ0v) is 17.4. The molecule has 0 saturated carbocycles. The average Bonchev–Trinajstić information content (AvgIpc) is 3.34. The lowest BCUT2D eigenvalue weighted by Crippen LogP contribution is -2.51. The fourth-order valence-corrected chi connectivity index (χ4v) is 5.23. The van der Waals surface area contributed by atoms with E-state index in [-0.39, 0.29) is 5.91 Å². The van der Waals surface area contributed by atoms with Gasteiger partial charge in [-0.2, -0.15) is 4.37 Å². The molecule has 1 fully saturated rings. The van der Waals surface area contributed by atoms with Crippen LogP contribution in [0.2, 0.25) is 0 Å². The van der Waals surface area contributed by atoms with Gasteiger partial charge in [0.2, 0.25) is 0 Å². The summed E-state index contributed by atoms with van der Waals surface area (Å²) in [6, 6.07) is 15.2. The van der Waals surface area contributed by atoms with E-state index in [1.165, 1.54) is 15.6 Å². The summed E-state index contributed by atoms with van der Waals surface area (Å²) in [6.45, 7) is 6.39. The molecule has 5 rings (SSSR count). The molecule has 0 N–H and O–H groups in total. The van der Waals surface area contributed by atoms with Crippen molar-refractivity contribution >= 4 is 39.4 Å². The fraction of sp³-hybridized carbons (Fsp3) is 0.348. The monoisotopic (exact) mass is 404 g/mol. The van der Waals surface area contributed by atoms with E-state index in [9.17, 15) is 4.79 Å². The van der Waals surface area contributed by atoms with Crippen LogP contribution in [0, 0.1) is 0 Å². The number of nitrogens with zero attached hydrogens (tertiary/aromatic N) is 4. The molecule has 0 radical (unpaired) electrons. The predicted molar refractivity (Wildman–Crippen MR) is 118 cm³/mol. The second kappa shape index (κ2) is 7.69. The number of carbonyl (C=O) groups is 1. The summed E-state index contributed by atoms with van der Waals surface area (Å²) in [4.78, 5) is 20.6. The Balaban J connectivity index is 1.27. The minimum atomic E-state index is -0.144. The van der Waals surface area contributed by atoms with Crippen molar-refractivity contribution in [2.45, 2.75) is 25.8 Å². The van der Waals surface area contributed by atoms with Crippen molar-refractivity contribution in [3.05, 3.63) is 58.6 Å². The zero-order valence-electron chi connectivity index (χ0n) is 16.5. The van der Waals surface area contributed by atoms with Gasteiger partial charge >= 0.3 is 0 Å². The number of anilines is 1. The summed E-state index contributed by atoms with van der Waals surface area (Å²) < 4.78 is 5.98. The van der Waals surface area contributed by atoms with Gasteiger partial charge in [0, 0.05) is 48.9 Å². The SMILES string of the molecule is CCC(Cc1ccc2c(c1)=CC(=O)N=2)N1CCN(c2nsc3ccccc23)CC1. The first-order valence-corrected chi connectivity index (χ1v) is 11.1. The Morgan fingerprint density at radius 3 is 2.76 bits per heavy atom. The summed E-state index contributed by atoms with van der Waals surface area (Å²) in [5.41, 5.74) is 1.28. The third kappa shape index (κ3) is 3.58. The number of piperazine rings is 1. The Kier molecular flexibility index (Phi) is 4.89. The van der Waals surface area contributed by atoms with Crippen LogP contribution in [0.1, 0.15) is 18.9 Å². The number of rotatable bonds is 5. The highest BCUT2D eigenvalue weighted by Crippen LogP contribution is 2.30. The highest BCUT2D eigenvalue weighted by atomic mass is 32.1. The summed E-state index contributed by atoms with van der Waals surface area (Å²) >= 11 is 1.59. The molecule has 0 spiro atoms. The Labute approximate surface area is 174 Å². The maximum atomic E-state index is 11.5. The molecule has 5 nitrogen and oxygen atoms in total. The average molecular weight is 405 g/mol. The smallest absolute Gasteiger partial charge is 0.270 e. The van der Waals surface area contributed by atoms with Crippen molar-refractivity contribution in [1.29, 1.82) is 0 Å². The Morgan fingerprint density at radius 1 is 1.10 bits per heavy atom. The largest absolute Gasteiger partial charge is 0.353 e. The molecule has 29 heavy (non-hydrogen) atoms. The lowest BCUT2D eigenvalue weighted by atomic mass is 10.0. The van der Waals surface area contributed by atoms with Crippen LogP contribution in [0.15, 0.2) is 47.5 Å². The van der Waals surface area contributed by atoms with Crippen molar-refractivity contribution in [3.8, 4) is 0 Å². The van der Waals surface area contributed by atoms with Gasteiger partial charge in [0.05, 0.1) is 10.1 Å². The van der Waals surface area contributed by atoms with Crippen LogP contribution in [0.5, 0.6) is 0 Å². The van der Waals surface area contributed by atoms with E-state index in [0.717, 1.165) is 55.4 Å². The third-order valence-corrected chi connectivity index (χ3v) is 6.85. The molecule has 1 aromatic heterocycles. The normalized spacial score (nSPS) is 17.8. The van der Waals surface area contributed by atoms with Gasteiger partial charge < -0.3 is 4.90 Å².